The highest BCUT2D eigenvalue weighted by Gasteiger charge is 2.22. The molecule has 0 saturated carbocycles. The number of hydrogen-bond acceptors (Lipinski definition) is 6. The molecule has 0 aliphatic rings. The first-order chi connectivity index (χ1) is 16.2. The summed E-state index contributed by atoms with van der Waals surface area (Å²) in [5.74, 6) is -0.415. The average Bonchev–Trinajstić information content (AvgIpc) is 2.79. The molecule has 0 radical (unpaired) electrons. The number of sulfonamides is 1. The molecule has 178 valence electrons. The van der Waals surface area contributed by atoms with E-state index in [1.54, 1.807) is 50.2 Å². The van der Waals surface area contributed by atoms with E-state index in [2.05, 4.69) is 10.0 Å². The number of ether oxygens (including phenoxy) is 2. The number of carbonyl (C=O) groups excluding carboxylic acids is 2. The summed E-state index contributed by atoms with van der Waals surface area (Å²) in [6.45, 7) is 4.89. The molecule has 3 rings (SSSR count). The van der Waals surface area contributed by atoms with E-state index in [4.69, 9.17) is 9.47 Å². The molecule has 0 fully saturated rings. The van der Waals surface area contributed by atoms with Crippen LogP contribution in [0.5, 0.6) is 11.5 Å². The van der Waals surface area contributed by atoms with Gasteiger partial charge in [-0.1, -0.05) is 30.3 Å². The summed E-state index contributed by atoms with van der Waals surface area (Å²) in [6.07, 6.45) is -1.11. The maximum atomic E-state index is 12.7. The number of para-hydroxylation sites is 2. The van der Waals surface area contributed by atoms with Crippen molar-refractivity contribution in [1.29, 1.82) is 0 Å². The predicted octanol–water partition coefficient (Wildman–Crippen LogP) is 4.35. The summed E-state index contributed by atoms with van der Waals surface area (Å²) >= 11 is 0. The Labute approximate surface area is 199 Å². The lowest BCUT2D eigenvalue weighted by Gasteiger charge is -2.16. The molecule has 0 saturated heterocycles. The summed E-state index contributed by atoms with van der Waals surface area (Å²) in [7, 11) is -3.64. The van der Waals surface area contributed by atoms with Crippen molar-refractivity contribution in [2.75, 3.05) is 5.32 Å². The molecule has 8 nitrogen and oxygen atoms in total. The highest BCUT2D eigenvalue weighted by molar-refractivity contribution is 7.89. The predicted molar refractivity (Wildman–Crippen MR) is 128 cm³/mol. The zero-order chi connectivity index (χ0) is 24.7. The molecule has 9 heteroatoms. The number of nitrogens with one attached hydrogen (secondary N) is 2. The molecule has 0 aliphatic heterocycles. The van der Waals surface area contributed by atoms with Gasteiger partial charge < -0.3 is 14.8 Å². The number of anilines is 1. The van der Waals surface area contributed by atoms with Crippen LogP contribution < -0.4 is 14.8 Å². The van der Waals surface area contributed by atoms with E-state index < -0.39 is 28.0 Å². The lowest BCUT2D eigenvalue weighted by Crippen LogP contribution is -2.31. The number of amides is 1. The second-order valence-electron chi connectivity index (χ2n) is 7.75. The van der Waals surface area contributed by atoms with E-state index in [0.29, 0.717) is 17.2 Å². The van der Waals surface area contributed by atoms with Crippen molar-refractivity contribution < 1.29 is 27.5 Å². The van der Waals surface area contributed by atoms with E-state index in [1.165, 1.54) is 31.2 Å². The van der Waals surface area contributed by atoms with Crippen molar-refractivity contribution in [3.63, 3.8) is 0 Å². The van der Waals surface area contributed by atoms with Crippen LogP contribution in [-0.2, 0) is 19.6 Å². The van der Waals surface area contributed by atoms with Gasteiger partial charge in [0.05, 0.1) is 4.90 Å². The largest absolute Gasteiger partial charge is 0.456 e. The summed E-state index contributed by atoms with van der Waals surface area (Å²) in [6, 6.07) is 21.0. The van der Waals surface area contributed by atoms with E-state index in [0.717, 1.165) is 0 Å². The van der Waals surface area contributed by atoms with Crippen LogP contribution in [0.2, 0.25) is 0 Å². The van der Waals surface area contributed by atoms with Gasteiger partial charge in [-0.3, -0.25) is 4.79 Å². The summed E-state index contributed by atoms with van der Waals surface area (Å²) in [4.78, 5) is 25.3. The van der Waals surface area contributed by atoms with Crippen LogP contribution in [0.1, 0.15) is 31.1 Å². The average molecular weight is 483 g/mol. The van der Waals surface area contributed by atoms with Gasteiger partial charge in [-0.2, -0.15) is 0 Å². The Kier molecular flexibility index (Phi) is 8.04. The second-order valence-corrected chi connectivity index (χ2v) is 9.46. The van der Waals surface area contributed by atoms with Gasteiger partial charge >= 0.3 is 5.97 Å². The van der Waals surface area contributed by atoms with E-state index in [9.17, 15) is 18.0 Å². The van der Waals surface area contributed by atoms with Gasteiger partial charge in [-0.05, 0) is 69.3 Å². The topological polar surface area (TPSA) is 111 Å². The Morgan fingerprint density at radius 3 is 2.09 bits per heavy atom. The fourth-order valence-electron chi connectivity index (χ4n) is 2.96. The molecule has 3 aromatic rings. The van der Waals surface area contributed by atoms with Gasteiger partial charge in [-0.25, -0.2) is 17.9 Å². The van der Waals surface area contributed by atoms with Crippen LogP contribution in [0.25, 0.3) is 0 Å². The first-order valence-electron chi connectivity index (χ1n) is 10.6. The Morgan fingerprint density at radius 2 is 1.44 bits per heavy atom. The van der Waals surface area contributed by atoms with Crippen molar-refractivity contribution in [2.24, 2.45) is 0 Å². The molecule has 2 N–H and O–H groups in total. The first-order valence-corrected chi connectivity index (χ1v) is 12.1. The Balaban J connectivity index is 1.63. The number of hydrogen-bond donors (Lipinski definition) is 2. The third kappa shape index (κ3) is 6.66. The highest BCUT2D eigenvalue weighted by atomic mass is 32.2. The minimum absolute atomic E-state index is 0.0775. The van der Waals surface area contributed by atoms with E-state index in [1.807, 2.05) is 18.2 Å². The molecule has 34 heavy (non-hydrogen) atoms. The molecule has 3 aromatic carbocycles. The van der Waals surface area contributed by atoms with Crippen molar-refractivity contribution >= 4 is 27.6 Å². The van der Waals surface area contributed by atoms with Gasteiger partial charge in [0.15, 0.2) is 6.10 Å². The van der Waals surface area contributed by atoms with Crippen molar-refractivity contribution in [3.8, 4) is 11.5 Å². The number of rotatable bonds is 9. The minimum Gasteiger partial charge on any atom is -0.456 e. The Hall–Kier alpha value is -3.69. The fourth-order valence-corrected chi connectivity index (χ4v) is 4.21. The molecule has 1 amide bonds. The first kappa shape index (κ1) is 24.9. The third-order valence-corrected chi connectivity index (χ3v) is 6.23. The van der Waals surface area contributed by atoms with Crippen LogP contribution >= 0.6 is 0 Å². The SMILES string of the molecule is CC(C)NS(=O)(=O)c1ccc(NC(=O)C(C)OC(=O)c2ccccc2Oc2ccccc2)cc1. The van der Waals surface area contributed by atoms with E-state index >= 15 is 0 Å². The monoisotopic (exact) mass is 482 g/mol. The van der Waals surface area contributed by atoms with Crippen molar-refractivity contribution in [1.82, 2.24) is 4.72 Å². The van der Waals surface area contributed by atoms with Crippen molar-refractivity contribution in [3.05, 3.63) is 84.4 Å². The molecular weight excluding hydrogens is 456 g/mol. The lowest BCUT2D eigenvalue weighted by molar-refractivity contribution is -0.123. The van der Waals surface area contributed by atoms with Gasteiger partial charge in [0.2, 0.25) is 10.0 Å². The van der Waals surface area contributed by atoms with Crippen LogP contribution in [0.3, 0.4) is 0 Å². The number of carbonyl (C=O) groups is 2. The molecule has 0 aromatic heterocycles. The van der Waals surface area contributed by atoms with Crippen LogP contribution in [0.15, 0.2) is 83.8 Å². The lowest BCUT2D eigenvalue weighted by atomic mass is 10.2. The highest BCUT2D eigenvalue weighted by Crippen LogP contribution is 2.26. The molecular formula is C25H26N2O6S. The van der Waals surface area contributed by atoms with Crippen LogP contribution in [0.4, 0.5) is 5.69 Å². The molecule has 1 unspecified atom stereocenters. The van der Waals surface area contributed by atoms with Gasteiger partial charge in [0, 0.05) is 11.7 Å². The second kappa shape index (κ2) is 11.0. The normalized spacial score (nSPS) is 12.1. The molecule has 0 aliphatic carbocycles. The Morgan fingerprint density at radius 1 is 0.824 bits per heavy atom. The minimum atomic E-state index is -3.64. The number of esters is 1. The van der Waals surface area contributed by atoms with Crippen molar-refractivity contribution in [2.45, 2.75) is 37.8 Å². The summed E-state index contributed by atoms with van der Waals surface area (Å²) in [5, 5.41) is 2.61. The quantitative estimate of drug-likeness (QED) is 0.439. The van der Waals surface area contributed by atoms with Gasteiger partial charge in [0.25, 0.3) is 5.91 Å². The van der Waals surface area contributed by atoms with E-state index in [-0.39, 0.29) is 16.5 Å². The molecule has 0 heterocycles. The maximum absolute atomic E-state index is 12.7. The van der Waals surface area contributed by atoms with Crippen LogP contribution in [-0.4, -0.2) is 32.4 Å². The zero-order valence-corrected chi connectivity index (χ0v) is 19.8. The van der Waals surface area contributed by atoms with Gasteiger partial charge in [0.1, 0.15) is 17.1 Å². The third-order valence-electron chi connectivity index (χ3n) is 4.55. The zero-order valence-electron chi connectivity index (χ0n) is 19.0. The summed E-state index contributed by atoms with van der Waals surface area (Å²) < 4.78 is 38.0. The number of benzene rings is 3. The molecule has 0 bridgehead atoms. The van der Waals surface area contributed by atoms with Gasteiger partial charge in [-0.15, -0.1) is 0 Å². The molecule has 1 atom stereocenters. The Bertz CT molecular complexity index is 1240. The standard InChI is InChI=1S/C25H26N2O6S/c1-17(2)27-34(30,31)21-15-13-19(14-16-21)26-24(28)18(3)32-25(29)22-11-7-8-12-23(22)33-20-9-5-4-6-10-20/h4-18,27H,1-3H3,(H,26,28). The summed E-state index contributed by atoms with van der Waals surface area (Å²) in [5.41, 5.74) is 0.544. The van der Waals surface area contributed by atoms with Crippen LogP contribution in [0, 0.1) is 0 Å². The smallest absolute Gasteiger partial charge is 0.342 e. The maximum Gasteiger partial charge on any atom is 0.342 e. The molecule has 0 spiro atoms. The fraction of sp³-hybridized carbons (Fsp3) is 0.200.